The SMILES string of the molecule is Cn1c(CNc2cccc(C(=O)NCc3ccc(OCCCCCOCCCOCC(=O)Nc4cccc5c4CN(C4CCC(=O)NC4=O)C5=O)cc3)c2)nnc1-c1ccncn1. The summed E-state index contributed by atoms with van der Waals surface area (Å²) in [6.45, 7) is 2.87. The Labute approximate surface area is 364 Å². The molecule has 5 aromatic rings. The number of piperidine rings is 1. The molecule has 2 aliphatic heterocycles. The number of hydrogen-bond donors (Lipinski definition) is 4. The van der Waals surface area contributed by atoms with Gasteiger partial charge >= 0.3 is 0 Å². The molecule has 4 N–H and O–H groups in total. The topological polar surface area (TPSA) is 221 Å². The number of rotatable bonds is 22. The molecular formula is C45H50N10O8. The van der Waals surface area contributed by atoms with Gasteiger partial charge in [-0.05, 0) is 86.2 Å². The third-order valence-corrected chi connectivity index (χ3v) is 10.6. The summed E-state index contributed by atoms with van der Waals surface area (Å²) in [6.07, 6.45) is 6.92. The van der Waals surface area contributed by atoms with Gasteiger partial charge in [-0.2, -0.15) is 0 Å². The van der Waals surface area contributed by atoms with Gasteiger partial charge in [0.1, 0.15) is 30.4 Å². The Morgan fingerprint density at radius 2 is 1.68 bits per heavy atom. The molecule has 0 spiro atoms. The van der Waals surface area contributed by atoms with Crippen molar-refractivity contribution in [3.05, 3.63) is 113 Å². The molecule has 18 nitrogen and oxygen atoms in total. The summed E-state index contributed by atoms with van der Waals surface area (Å²) in [5.41, 5.74) is 4.51. The summed E-state index contributed by atoms with van der Waals surface area (Å²) in [5.74, 6) is 0.459. The highest BCUT2D eigenvalue weighted by Crippen LogP contribution is 2.32. The Bertz CT molecular complexity index is 2390. The van der Waals surface area contributed by atoms with Crippen molar-refractivity contribution in [2.45, 2.75) is 64.2 Å². The van der Waals surface area contributed by atoms with Crippen LogP contribution in [0.4, 0.5) is 11.4 Å². The molecule has 1 fully saturated rings. The van der Waals surface area contributed by atoms with Gasteiger partial charge < -0.3 is 39.6 Å². The fraction of sp³-hybridized carbons (Fsp3) is 0.356. The second-order valence-corrected chi connectivity index (χ2v) is 15.1. The van der Waals surface area contributed by atoms with Gasteiger partial charge in [-0.15, -0.1) is 10.2 Å². The summed E-state index contributed by atoms with van der Waals surface area (Å²) in [5, 5.41) is 19.9. The fourth-order valence-corrected chi connectivity index (χ4v) is 7.19. The van der Waals surface area contributed by atoms with E-state index in [1.807, 2.05) is 48.0 Å². The number of unbranched alkanes of at least 4 members (excludes halogenated alkanes) is 2. The molecule has 328 valence electrons. The van der Waals surface area contributed by atoms with Crippen LogP contribution in [0.5, 0.6) is 5.75 Å². The van der Waals surface area contributed by atoms with Crippen LogP contribution in [-0.4, -0.2) is 98.2 Å². The minimum absolute atomic E-state index is 0.150. The van der Waals surface area contributed by atoms with Crippen LogP contribution in [0, 0.1) is 0 Å². The van der Waals surface area contributed by atoms with Crippen LogP contribution < -0.4 is 26.0 Å². The molecule has 7 rings (SSSR count). The van der Waals surface area contributed by atoms with Crippen molar-refractivity contribution < 1.29 is 38.2 Å². The smallest absolute Gasteiger partial charge is 0.255 e. The van der Waals surface area contributed by atoms with Gasteiger partial charge in [0.2, 0.25) is 17.7 Å². The molecule has 2 aromatic heterocycles. The number of anilines is 2. The van der Waals surface area contributed by atoms with Gasteiger partial charge in [0, 0.05) is 80.6 Å². The maximum atomic E-state index is 13.0. The van der Waals surface area contributed by atoms with E-state index in [-0.39, 0.29) is 49.6 Å². The standard InChI is InChI=1S/C45H50N10O8/c1-54-39(52-53-42(54)37-18-19-46-29-49-37)26-47-32-9-5-8-31(24-32)43(58)48-25-30-12-14-33(15-13-30)63-23-4-2-3-20-61-21-7-22-62-28-41(57)50-36-11-6-10-34-35(36)27-55(45(34)60)38-16-17-40(56)51-44(38)59/h5-6,8-15,18-19,24,29,38,47H,2-4,7,16-17,20-23,25-28H2,1H3,(H,48,58)(H,50,57)(H,51,56,59). The van der Waals surface area contributed by atoms with E-state index in [4.69, 9.17) is 14.2 Å². The van der Waals surface area contributed by atoms with Gasteiger partial charge in [0.05, 0.1) is 13.2 Å². The number of fused-ring (bicyclic) bond motifs is 1. The molecule has 1 saturated heterocycles. The van der Waals surface area contributed by atoms with E-state index in [0.717, 1.165) is 42.1 Å². The van der Waals surface area contributed by atoms with E-state index >= 15 is 0 Å². The Balaban J connectivity index is 0.704. The highest BCUT2D eigenvalue weighted by atomic mass is 16.5. The van der Waals surface area contributed by atoms with Gasteiger partial charge in [-0.3, -0.25) is 29.3 Å². The maximum Gasteiger partial charge on any atom is 0.255 e. The van der Waals surface area contributed by atoms with E-state index in [1.165, 1.54) is 11.2 Å². The molecule has 1 unspecified atom stereocenters. The quantitative estimate of drug-likeness (QED) is 0.0568. The highest BCUT2D eigenvalue weighted by Gasteiger charge is 2.40. The first-order valence-corrected chi connectivity index (χ1v) is 20.9. The number of amides is 5. The van der Waals surface area contributed by atoms with Gasteiger partial charge in [0.25, 0.3) is 11.8 Å². The first-order chi connectivity index (χ1) is 30.7. The second kappa shape index (κ2) is 21.7. The Kier molecular flexibility index (Phi) is 15.1. The molecule has 0 radical (unpaired) electrons. The number of carbonyl (C=O) groups excluding carboxylic acids is 5. The molecule has 63 heavy (non-hydrogen) atoms. The first kappa shape index (κ1) is 44.0. The Morgan fingerprint density at radius 3 is 2.51 bits per heavy atom. The number of imide groups is 1. The van der Waals surface area contributed by atoms with Crippen LogP contribution in [0.15, 0.2) is 85.3 Å². The van der Waals surface area contributed by atoms with Crippen LogP contribution in [0.25, 0.3) is 11.5 Å². The molecule has 0 aliphatic carbocycles. The van der Waals surface area contributed by atoms with Crippen molar-refractivity contribution >= 4 is 40.9 Å². The van der Waals surface area contributed by atoms with Crippen LogP contribution in [0.1, 0.15) is 76.2 Å². The lowest BCUT2D eigenvalue weighted by atomic mass is 10.0. The molecule has 0 saturated carbocycles. The maximum absolute atomic E-state index is 13.0. The zero-order valence-corrected chi connectivity index (χ0v) is 35.0. The number of aromatic nitrogens is 5. The molecule has 18 heteroatoms. The highest BCUT2D eigenvalue weighted by molar-refractivity contribution is 6.07. The van der Waals surface area contributed by atoms with Crippen molar-refractivity contribution in [2.75, 3.05) is 43.7 Å². The van der Waals surface area contributed by atoms with Crippen LogP contribution >= 0.6 is 0 Å². The predicted molar refractivity (Wildman–Crippen MR) is 230 cm³/mol. The van der Waals surface area contributed by atoms with Gasteiger partial charge in [0.15, 0.2) is 11.6 Å². The predicted octanol–water partition coefficient (Wildman–Crippen LogP) is 4.19. The minimum Gasteiger partial charge on any atom is -0.494 e. The lowest BCUT2D eigenvalue weighted by molar-refractivity contribution is -0.137. The second-order valence-electron chi connectivity index (χ2n) is 15.1. The number of benzene rings is 3. The van der Waals surface area contributed by atoms with E-state index in [1.54, 1.807) is 42.6 Å². The number of hydrogen-bond acceptors (Lipinski definition) is 13. The molecule has 4 heterocycles. The molecule has 2 aliphatic rings. The van der Waals surface area contributed by atoms with Crippen LogP contribution in [0.3, 0.4) is 0 Å². The van der Waals surface area contributed by atoms with E-state index < -0.39 is 11.9 Å². The van der Waals surface area contributed by atoms with E-state index in [0.29, 0.717) is 79.8 Å². The minimum atomic E-state index is -0.728. The summed E-state index contributed by atoms with van der Waals surface area (Å²) in [7, 11) is 1.88. The molecule has 5 amide bonds. The summed E-state index contributed by atoms with van der Waals surface area (Å²) in [4.78, 5) is 72.2. The van der Waals surface area contributed by atoms with Crippen LogP contribution in [-0.2, 0) is 50.5 Å². The summed E-state index contributed by atoms with van der Waals surface area (Å²) < 4.78 is 19.0. The van der Waals surface area contributed by atoms with E-state index in [9.17, 15) is 24.0 Å². The summed E-state index contributed by atoms with van der Waals surface area (Å²) in [6, 6.07) is 21.1. The largest absolute Gasteiger partial charge is 0.494 e. The number of nitrogens with zero attached hydrogens (tertiary/aromatic N) is 6. The zero-order chi connectivity index (χ0) is 44.0. The monoisotopic (exact) mass is 858 g/mol. The molecular weight excluding hydrogens is 809 g/mol. The Morgan fingerprint density at radius 1 is 0.873 bits per heavy atom. The lowest BCUT2D eigenvalue weighted by Crippen LogP contribution is -2.52. The average Bonchev–Trinajstić information content (AvgIpc) is 3.84. The van der Waals surface area contributed by atoms with E-state index in [2.05, 4.69) is 41.4 Å². The normalized spacial score (nSPS) is 14.6. The van der Waals surface area contributed by atoms with Crippen LogP contribution in [0.2, 0.25) is 0 Å². The molecule has 0 bridgehead atoms. The average molecular weight is 859 g/mol. The summed E-state index contributed by atoms with van der Waals surface area (Å²) >= 11 is 0. The third-order valence-electron chi connectivity index (χ3n) is 10.6. The number of ether oxygens (including phenoxy) is 3. The zero-order valence-electron chi connectivity index (χ0n) is 35.0. The fourth-order valence-electron chi connectivity index (χ4n) is 7.19. The van der Waals surface area contributed by atoms with Crippen molar-refractivity contribution in [1.82, 2.24) is 40.3 Å². The van der Waals surface area contributed by atoms with Crippen molar-refractivity contribution in [3.63, 3.8) is 0 Å². The van der Waals surface area contributed by atoms with Crippen molar-refractivity contribution in [2.24, 2.45) is 7.05 Å². The van der Waals surface area contributed by atoms with Gasteiger partial charge in [-0.1, -0.05) is 24.3 Å². The number of carbonyl (C=O) groups is 5. The first-order valence-electron chi connectivity index (χ1n) is 20.9. The molecule has 1 atom stereocenters. The third kappa shape index (κ3) is 11.9. The lowest BCUT2D eigenvalue weighted by Gasteiger charge is -2.29. The Hall–Kier alpha value is -7.05. The van der Waals surface area contributed by atoms with Gasteiger partial charge in [-0.25, -0.2) is 9.97 Å². The molecule has 3 aromatic carbocycles. The van der Waals surface area contributed by atoms with Crippen molar-refractivity contribution in [1.29, 1.82) is 0 Å². The van der Waals surface area contributed by atoms with Crippen molar-refractivity contribution in [3.8, 4) is 17.3 Å². The number of nitrogens with one attached hydrogen (secondary N) is 4.